The van der Waals surface area contributed by atoms with E-state index in [2.05, 4.69) is 10.1 Å². The van der Waals surface area contributed by atoms with Crippen LogP contribution in [0, 0.1) is 17.6 Å². The van der Waals surface area contributed by atoms with Crippen molar-refractivity contribution in [1.29, 1.82) is 0 Å². The Morgan fingerprint density at radius 1 is 1.11 bits per heavy atom. The van der Waals surface area contributed by atoms with Crippen LogP contribution in [-0.2, 0) is 16.6 Å². The van der Waals surface area contributed by atoms with Gasteiger partial charge in [-0.2, -0.15) is 5.10 Å². The lowest BCUT2D eigenvalue weighted by molar-refractivity contribution is -0.148. The first-order valence-corrected chi connectivity index (χ1v) is 12.5. The fourth-order valence-corrected chi connectivity index (χ4v) is 5.37. The summed E-state index contributed by atoms with van der Waals surface area (Å²) in [6.07, 6.45) is 5.12. The summed E-state index contributed by atoms with van der Waals surface area (Å²) in [6.45, 7) is 0.811. The van der Waals surface area contributed by atoms with Crippen LogP contribution in [0.25, 0.3) is 22.2 Å². The lowest BCUT2D eigenvalue weighted by Gasteiger charge is -2.37. The number of fused-ring (bicyclic) bond motifs is 1. The number of ether oxygens (including phenoxy) is 1. The van der Waals surface area contributed by atoms with Crippen molar-refractivity contribution in [3.05, 3.63) is 83.7 Å². The van der Waals surface area contributed by atoms with E-state index in [0.29, 0.717) is 25.1 Å². The first-order valence-electron chi connectivity index (χ1n) is 12.5. The number of methoxy groups -OCH3 is 1. The standard InChI is InChI=1S/C29H28F2N4O3/c1-34-24-9-8-20(16-21(24)27(33-34)19-10-12-32-13-11-19)25(36)15-18-5-4-14-35(17-18)28(29(37)38-2)26-22(30)6-3-7-23(26)31/h3,6-13,16,18,28H,4-5,14-15,17H2,1-2H3/t18-,28-/m0/s1. The zero-order valence-corrected chi connectivity index (χ0v) is 21.2. The zero-order chi connectivity index (χ0) is 26.8. The molecule has 1 aliphatic heterocycles. The van der Waals surface area contributed by atoms with E-state index in [9.17, 15) is 18.4 Å². The Morgan fingerprint density at radius 3 is 2.55 bits per heavy atom. The minimum atomic E-state index is -1.21. The Labute approximate surface area is 219 Å². The molecule has 4 aromatic rings. The van der Waals surface area contributed by atoms with Crippen molar-refractivity contribution in [2.75, 3.05) is 20.2 Å². The third-order valence-electron chi connectivity index (χ3n) is 7.21. The molecular formula is C29H28F2N4O3. The number of benzene rings is 2. The molecule has 1 saturated heterocycles. The van der Waals surface area contributed by atoms with E-state index in [0.717, 1.165) is 40.7 Å². The van der Waals surface area contributed by atoms with Gasteiger partial charge in [0.05, 0.1) is 18.2 Å². The van der Waals surface area contributed by atoms with E-state index in [-0.39, 0.29) is 23.7 Å². The van der Waals surface area contributed by atoms with E-state index in [4.69, 9.17) is 4.74 Å². The average molecular weight is 519 g/mol. The van der Waals surface area contributed by atoms with Crippen LogP contribution >= 0.6 is 0 Å². The second-order valence-corrected chi connectivity index (χ2v) is 9.63. The number of nitrogens with zero attached hydrogens (tertiary/aromatic N) is 4. The number of carbonyl (C=O) groups is 2. The molecule has 0 unspecified atom stereocenters. The smallest absolute Gasteiger partial charge is 0.327 e. The van der Waals surface area contributed by atoms with Crippen LogP contribution in [0.3, 0.4) is 0 Å². The molecular weight excluding hydrogens is 490 g/mol. The molecule has 9 heteroatoms. The second-order valence-electron chi connectivity index (χ2n) is 9.63. The number of rotatable bonds is 7. The molecule has 0 N–H and O–H groups in total. The predicted molar refractivity (Wildman–Crippen MR) is 138 cm³/mol. The molecule has 0 radical (unpaired) electrons. The molecule has 3 heterocycles. The summed E-state index contributed by atoms with van der Waals surface area (Å²) in [5, 5.41) is 5.51. The highest BCUT2D eigenvalue weighted by atomic mass is 19.1. The average Bonchev–Trinajstić information content (AvgIpc) is 3.26. The number of hydrogen-bond acceptors (Lipinski definition) is 6. The summed E-state index contributed by atoms with van der Waals surface area (Å²) in [7, 11) is 3.06. The highest BCUT2D eigenvalue weighted by molar-refractivity contribution is 6.02. The second kappa shape index (κ2) is 10.8. The number of piperidine rings is 1. The van der Waals surface area contributed by atoms with Crippen molar-refractivity contribution in [3.8, 4) is 11.3 Å². The number of aromatic nitrogens is 3. The fraction of sp³-hybridized carbons (Fsp3) is 0.310. The van der Waals surface area contributed by atoms with Crippen LogP contribution in [0.1, 0.15) is 41.2 Å². The van der Waals surface area contributed by atoms with Gasteiger partial charge in [0, 0.05) is 48.9 Å². The van der Waals surface area contributed by atoms with E-state index < -0.39 is 23.6 Å². The molecule has 5 rings (SSSR count). The van der Waals surface area contributed by atoms with Crippen molar-refractivity contribution in [1.82, 2.24) is 19.7 Å². The molecule has 0 saturated carbocycles. The Morgan fingerprint density at radius 2 is 1.84 bits per heavy atom. The normalized spacial score (nSPS) is 16.9. The summed E-state index contributed by atoms with van der Waals surface area (Å²) in [6, 6.07) is 11.6. The van der Waals surface area contributed by atoms with Gasteiger partial charge in [0.15, 0.2) is 5.78 Å². The zero-order valence-electron chi connectivity index (χ0n) is 21.2. The molecule has 196 valence electrons. The molecule has 38 heavy (non-hydrogen) atoms. The highest BCUT2D eigenvalue weighted by Crippen LogP contribution is 2.33. The third kappa shape index (κ3) is 4.93. The topological polar surface area (TPSA) is 77.3 Å². The van der Waals surface area contributed by atoms with Gasteiger partial charge in [-0.15, -0.1) is 0 Å². The molecule has 0 amide bonds. The quantitative estimate of drug-likeness (QED) is 0.250. The number of likely N-dealkylation sites (tertiary alicyclic amines) is 1. The van der Waals surface area contributed by atoms with Crippen LogP contribution in [0.15, 0.2) is 60.9 Å². The molecule has 2 atom stereocenters. The van der Waals surface area contributed by atoms with Gasteiger partial charge in [-0.25, -0.2) is 13.6 Å². The molecule has 1 fully saturated rings. The van der Waals surface area contributed by atoms with Gasteiger partial charge in [0.2, 0.25) is 0 Å². The van der Waals surface area contributed by atoms with Gasteiger partial charge in [0.25, 0.3) is 0 Å². The van der Waals surface area contributed by atoms with E-state index in [1.807, 2.05) is 31.3 Å². The van der Waals surface area contributed by atoms with Crippen molar-refractivity contribution < 1.29 is 23.1 Å². The SMILES string of the molecule is COC(=O)[C@H](c1c(F)cccc1F)N1CCC[C@@H](CC(=O)c2ccc3c(c2)c(-c2ccncc2)nn3C)C1. The van der Waals surface area contributed by atoms with E-state index in [1.165, 1.54) is 13.2 Å². The number of halogens is 2. The Bertz CT molecular complexity index is 1470. The Hall–Kier alpha value is -3.98. The Balaban J connectivity index is 1.38. The maximum atomic E-state index is 14.6. The summed E-state index contributed by atoms with van der Waals surface area (Å²) in [5.74, 6) is -2.44. The minimum Gasteiger partial charge on any atom is -0.468 e. The molecule has 0 bridgehead atoms. The van der Waals surface area contributed by atoms with Crippen LogP contribution in [0.2, 0.25) is 0 Å². The van der Waals surface area contributed by atoms with Gasteiger partial charge in [-0.3, -0.25) is 19.4 Å². The van der Waals surface area contributed by atoms with Gasteiger partial charge in [-0.1, -0.05) is 6.07 Å². The number of ketones is 1. The van der Waals surface area contributed by atoms with Crippen molar-refractivity contribution in [3.63, 3.8) is 0 Å². The van der Waals surface area contributed by atoms with E-state index in [1.54, 1.807) is 28.0 Å². The van der Waals surface area contributed by atoms with Crippen LogP contribution in [0.5, 0.6) is 0 Å². The number of hydrogen-bond donors (Lipinski definition) is 0. The molecule has 0 aliphatic carbocycles. The number of aryl methyl sites for hydroxylation is 1. The van der Waals surface area contributed by atoms with Crippen LogP contribution in [0.4, 0.5) is 8.78 Å². The molecule has 7 nitrogen and oxygen atoms in total. The fourth-order valence-electron chi connectivity index (χ4n) is 5.37. The predicted octanol–water partition coefficient (Wildman–Crippen LogP) is 5.11. The van der Waals surface area contributed by atoms with Crippen LogP contribution in [-0.4, -0.2) is 51.6 Å². The largest absolute Gasteiger partial charge is 0.468 e. The lowest BCUT2D eigenvalue weighted by atomic mass is 9.89. The maximum absolute atomic E-state index is 14.6. The number of Topliss-reactive ketones (excluding diaryl/α,β-unsaturated/α-hetero) is 1. The summed E-state index contributed by atoms with van der Waals surface area (Å²) >= 11 is 0. The summed E-state index contributed by atoms with van der Waals surface area (Å²) in [5.41, 5.74) is 2.84. The van der Waals surface area contributed by atoms with E-state index >= 15 is 0 Å². The third-order valence-corrected chi connectivity index (χ3v) is 7.21. The van der Waals surface area contributed by atoms with Gasteiger partial charge < -0.3 is 4.74 Å². The number of carbonyl (C=O) groups excluding carboxylic acids is 2. The summed E-state index contributed by atoms with van der Waals surface area (Å²) < 4.78 is 36.0. The number of pyridine rings is 1. The van der Waals surface area contributed by atoms with Crippen molar-refractivity contribution in [2.24, 2.45) is 13.0 Å². The van der Waals surface area contributed by atoms with Gasteiger partial charge >= 0.3 is 5.97 Å². The maximum Gasteiger partial charge on any atom is 0.327 e. The molecule has 1 aliphatic rings. The lowest BCUT2D eigenvalue weighted by Crippen LogP contribution is -2.43. The van der Waals surface area contributed by atoms with Gasteiger partial charge in [0.1, 0.15) is 23.4 Å². The number of esters is 1. The minimum absolute atomic E-state index is 0.0324. The molecule has 2 aromatic heterocycles. The molecule has 2 aromatic carbocycles. The first-order chi connectivity index (χ1) is 18.4. The van der Waals surface area contributed by atoms with Crippen molar-refractivity contribution >= 4 is 22.7 Å². The Kier molecular flexibility index (Phi) is 7.28. The highest BCUT2D eigenvalue weighted by Gasteiger charge is 2.36. The monoisotopic (exact) mass is 518 g/mol. The van der Waals surface area contributed by atoms with Crippen molar-refractivity contribution in [2.45, 2.75) is 25.3 Å². The summed E-state index contributed by atoms with van der Waals surface area (Å²) in [4.78, 5) is 31.8. The molecule has 0 spiro atoms. The first kappa shape index (κ1) is 25.7. The van der Waals surface area contributed by atoms with Gasteiger partial charge in [-0.05, 0) is 67.8 Å². The van der Waals surface area contributed by atoms with Crippen LogP contribution < -0.4 is 0 Å².